The van der Waals surface area contributed by atoms with Gasteiger partial charge < -0.3 is 15.4 Å². The maximum atomic E-state index is 11.6. The van der Waals surface area contributed by atoms with Gasteiger partial charge in [-0.1, -0.05) is 0 Å². The lowest BCUT2D eigenvalue weighted by Crippen LogP contribution is -2.41. The monoisotopic (exact) mass is 228 g/mol. The number of halogens is 3. The SMILES string of the molecule is CCOCCCNC(=O)NCC(F)(F)F. The Labute approximate surface area is 86.2 Å². The molecular weight excluding hydrogens is 213 g/mol. The number of hydrogen-bond acceptors (Lipinski definition) is 2. The number of nitrogens with one attached hydrogen (secondary N) is 2. The van der Waals surface area contributed by atoms with Crippen LogP contribution in [0.15, 0.2) is 0 Å². The predicted molar refractivity (Wildman–Crippen MR) is 48.6 cm³/mol. The first-order valence-corrected chi connectivity index (χ1v) is 4.62. The number of carbonyl (C=O) groups excluding carboxylic acids is 1. The minimum Gasteiger partial charge on any atom is -0.382 e. The van der Waals surface area contributed by atoms with Gasteiger partial charge in [0, 0.05) is 19.8 Å². The molecule has 0 aromatic rings. The van der Waals surface area contributed by atoms with Gasteiger partial charge in [-0.25, -0.2) is 4.79 Å². The molecule has 0 atom stereocenters. The number of carbonyl (C=O) groups is 1. The molecule has 0 fully saturated rings. The molecule has 7 heteroatoms. The van der Waals surface area contributed by atoms with Crippen molar-refractivity contribution in [3.63, 3.8) is 0 Å². The van der Waals surface area contributed by atoms with Crippen LogP contribution in [0, 0.1) is 0 Å². The van der Waals surface area contributed by atoms with E-state index in [0.29, 0.717) is 26.2 Å². The van der Waals surface area contributed by atoms with Gasteiger partial charge in [-0.2, -0.15) is 13.2 Å². The summed E-state index contributed by atoms with van der Waals surface area (Å²) in [5, 5.41) is 3.98. The third kappa shape index (κ3) is 10.9. The minimum absolute atomic E-state index is 0.295. The van der Waals surface area contributed by atoms with Crippen LogP contribution in [0.3, 0.4) is 0 Å². The van der Waals surface area contributed by atoms with E-state index in [1.54, 1.807) is 5.32 Å². The summed E-state index contributed by atoms with van der Waals surface area (Å²) in [4.78, 5) is 10.8. The highest BCUT2D eigenvalue weighted by Gasteiger charge is 2.27. The summed E-state index contributed by atoms with van der Waals surface area (Å²) >= 11 is 0. The Hall–Kier alpha value is -0.980. The van der Waals surface area contributed by atoms with Crippen LogP contribution in [0.2, 0.25) is 0 Å². The van der Waals surface area contributed by atoms with Crippen molar-refractivity contribution in [1.29, 1.82) is 0 Å². The average molecular weight is 228 g/mol. The van der Waals surface area contributed by atoms with Gasteiger partial charge >= 0.3 is 12.2 Å². The molecule has 90 valence electrons. The van der Waals surface area contributed by atoms with E-state index in [4.69, 9.17) is 4.74 Å². The van der Waals surface area contributed by atoms with Crippen LogP contribution in [0.5, 0.6) is 0 Å². The van der Waals surface area contributed by atoms with Crippen molar-refractivity contribution in [1.82, 2.24) is 10.6 Å². The van der Waals surface area contributed by atoms with Gasteiger partial charge in [0.15, 0.2) is 0 Å². The molecule has 2 amide bonds. The Kier molecular flexibility index (Phi) is 6.85. The molecule has 0 saturated carbocycles. The second-order valence-electron chi connectivity index (χ2n) is 2.78. The standard InChI is InChI=1S/C8H15F3N2O2/c1-2-15-5-3-4-12-7(14)13-6-8(9,10)11/h2-6H2,1H3,(H2,12,13,14). The fraction of sp³-hybridized carbons (Fsp3) is 0.875. The van der Waals surface area contributed by atoms with Crippen molar-refractivity contribution >= 4 is 6.03 Å². The highest BCUT2D eigenvalue weighted by molar-refractivity contribution is 5.73. The van der Waals surface area contributed by atoms with E-state index in [0.717, 1.165) is 0 Å². The van der Waals surface area contributed by atoms with E-state index in [9.17, 15) is 18.0 Å². The van der Waals surface area contributed by atoms with E-state index in [1.165, 1.54) is 0 Å². The van der Waals surface area contributed by atoms with E-state index in [2.05, 4.69) is 5.32 Å². The van der Waals surface area contributed by atoms with E-state index in [1.807, 2.05) is 6.92 Å². The summed E-state index contributed by atoms with van der Waals surface area (Å²) in [7, 11) is 0. The molecule has 0 aliphatic carbocycles. The lowest BCUT2D eigenvalue weighted by atomic mass is 10.4. The average Bonchev–Trinajstić information content (AvgIpc) is 2.13. The molecule has 0 aromatic carbocycles. The predicted octanol–water partition coefficient (Wildman–Crippen LogP) is 1.27. The largest absolute Gasteiger partial charge is 0.405 e. The van der Waals surface area contributed by atoms with E-state index < -0.39 is 18.8 Å². The number of hydrogen-bond donors (Lipinski definition) is 2. The molecule has 4 nitrogen and oxygen atoms in total. The van der Waals surface area contributed by atoms with Gasteiger partial charge in [-0.05, 0) is 13.3 Å². The van der Waals surface area contributed by atoms with E-state index >= 15 is 0 Å². The summed E-state index contributed by atoms with van der Waals surface area (Å²) in [5.74, 6) is 0. The van der Waals surface area contributed by atoms with Crippen LogP contribution in [0.1, 0.15) is 13.3 Å². The number of alkyl halides is 3. The van der Waals surface area contributed by atoms with Crippen LogP contribution >= 0.6 is 0 Å². The summed E-state index contributed by atoms with van der Waals surface area (Å²) < 4.78 is 39.9. The van der Waals surface area contributed by atoms with Gasteiger partial charge in [-0.3, -0.25) is 0 Å². The van der Waals surface area contributed by atoms with Gasteiger partial charge in [0.1, 0.15) is 6.54 Å². The highest BCUT2D eigenvalue weighted by Crippen LogP contribution is 2.11. The summed E-state index contributed by atoms with van der Waals surface area (Å²) in [6, 6.07) is -0.816. The maximum absolute atomic E-state index is 11.6. The lowest BCUT2D eigenvalue weighted by Gasteiger charge is -2.09. The zero-order chi connectivity index (χ0) is 11.7. The number of urea groups is 1. The maximum Gasteiger partial charge on any atom is 0.405 e. The highest BCUT2D eigenvalue weighted by atomic mass is 19.4. The molecule has 0 aromatic heterocycles. The third-order valence-corrected chi connectivity index (χ3v) is 1.40. The molecule has 0 bridgehead atoms. The Balaban J connectivity index is 3.34. The molecule has 15 heavy (non-hydrogen) atoms. The Morgan fingerprint density at radius 2 is 2.00 bits per heavy atom. The number of amides is 2. The van der Waals surface area contributed by atoms with Crippen molar-refractivity contribution in [2.24, 2.45) is 0 Å². The summed E-state index contributed by atoms with van der Waals surface area (Å²) in [5.41, 5.74) is 0. The van der Waals surface area contributed by atoms with Crippen molar-refractivity contribution < 1.29 is 22.7 Å². The first kappa shape index (κ1) is 14.0. The quantitative estimate of drug-likeness (QED) is 0.673. The number of ether oxygens (including phenoxy) is 1. The van der Waals surface area contributed by atoms with Crippen LogP contribution in [-0.4, -0.2) is 38.5 Å². The molecule has 0 heterocycles. The molecule has 2 N–H and O–H groups in total. The van der Waals surface area contributed by atoms with Crippen LogP contribution in [0.4, 0.5) is 18.0 Å². The molecule has 0 radical (unpaired) electrons. The molecule has 0 aliphatic rings. The third-order valence-electron chi connectivity index (χ3n) is 1.40. The molecule has 0 aliphatic heterocycles. The molecule has 0 rings (SSSR count). The fourth-order valence-electron chi connectivity index (χ4n) is 0.763. The molecule has 0 saturated heterocycles. The lowest BCUT2D eigenvalue weighted by molar-refractivity contribution is -0.122. The normalized spacial score (nSPS) is 11.2. The second-order valence-corrected chi connectivity index (χ2v) is 2.78. The molecule has 0 unspecified atom stereocenters. The van der Waals surface area contributed by atoms with Crippen molar-refractivity contribution in [3.05, 3.63) is 0 Å². The smallest absolute Gasteiger partial charge is 0.382 e. The number of rotatable bonds is 6. The van der Waals surface area contributed by atoms with Gasteiger partial charge in [0.2, 0.25) is 0 Å². The Bertz CT molecular complexity index is 185. The van der Waals surface area contributed by atoms with E-state index in [-0.39, 0.29) is 0 Å². The molecular formula is C8H15F3N2O2. The van der Waals surface area contributed by atoms with Crippen LogP contribution in [0.25, 0.3) is 0 Å². The van der Waals surface area contributed by atoms with Gasteiger partial charge in [-0.15, -0.1) is 0 Å². The van der Waals surface area contributed by atoms with Crippen molar-refractivity contribution in [3.8, 4) is 0 Å². The van der Waals surface area contributed by atoms with Crippen LogP contribution in [-0.2, 0) is 4.74 Å². The topological polar surface area (TPSA) is 50.4 Å². The Morgan fingerprint density at radius 3 is 2.53 bits per heavy atom. The molecule has 0 spiro atoms. The summed E-state index contributed by atoms with van der Waals surface area (Å²) in [6.07, 6.45) is -3.80. The zero-order valence-electron chi connectivity index (χ0n) is 8.49. The van der Waals surface area contributed by atoms with Crippen LogP contribution < -0.4 is 10.6 Å². The first-order valence-electron chi connectivity index (χ1n) is 4.62. The zero-order valence-corrected chi connectivity index (χ0v) is 8.49. The second kappa shape index (κ2) is 7.33. The van der Waals surface area contributed by atoms with Gasteiger partial charge in [0.25, 0.3) is 0 Å². The first-order chi connectivity index (χ1) is 6.95. The summed E-state index contributed by atoms with van der Waals surface area (Å²) in [6.45, 7) is 1.88. The van der Waals surface area contributed by atoms with Crippen molar-refractivity contribution in [2.45, 2.75) is 19.5 Å². The fourth-order valence-corrected chi connectivity index (χ4v) is 0.763. The van der Waals surface area contributed by atoms with Crippen molar-refractivity contribution in [2.75, 3.05) is 26.3 Å². The van der Waals surface area contributed by atoms with Gasteiger partial charge in [0.05, 0.1) is 0 Å². The minimum atomic E-state index is -4.37. The Morgan fingerprint density at radius 1 is 1.33 bits per heavy atom.